The first-order valence-corrected chi connectivity index (χ1v) is 26.0. The minimum atomic E-state index is -0.731. The third-order valence-electron chi connectivity index (χ3n) is 11.4. The number of imidazole rings is 1. The van der Waals surface area contributed by atoms with Crippen LogP contribution in [0.15, 0.2) is 37.1 Å². The van der Waals surface area contributed by atoms with Crippen LogP contribution in [-0.4, -0.2) is 92.9 Å². The smallest absolute Gasteiger partial charge is 0.323 e. The number of hydrogen-bond acceptors (Lipinski definition) is 9. The molecule has 1 rings (SSSR count). The number of esters is 1. The average Bonchev–Trinajstić information content (AvgIpc) is 3.80. The first kappa shape index (κ1) is 57.8. The molecule has 0 aliphatic heterocycles. The Kier molecular flexibility index (Phi) is 44.9. The van der Waals surface area contributed by atoms with Crippen molar-refractivity contribution >= 4 is 5.97 Å². The van der Waals surface area contributed by atoms with Crippen LogP contribution in [0.4, 0.5) is 0 Å². The number of carbonyl (C=O) groups excluding carboxylic acids is 1. The molecule has 10 nitrogen and oxygen atoms in total. The highest BCUT2D eigenvalue weighted by atomic mass is 16.6. The standard InChI is InChI=1S/C52H98N4O6/c1-3-5-7-9-11-13-15-17-19-21-23-25-27-29-31-33-35-56(36-34-32-30-28-26-24-22-20-18-16-14-12-10-8-6-4-2)37-38-58-39-40-59-41-42-60-43-44-61-45-46-62-52(57)51(53)47-50-48-54-49-55-50/h33-36,48-49,51H,3-32,37-47,53H2,1-2H3,(H,54,55)/b35-33-,36-34+. The molecule has 1 heterocycles. The molecule has 0 aliphatic rings. The van der Waals surface area contributed by atoms with Gasteiger partial charge in [-0.3, -0.25) is 4.79 Å². The molecule has 1 atom stereocenters. The lowest BCUT2D eigenvalue weighted by atomic mass is 10.0. The van der Waals surface area contributed by atoms with Crippen molar-refractivity contribution in [1.29, 1.82) is 0 Å². The molecular formula is C52H98N4O6. The van der Waals surface area contributed by atoms with Crippen molar-refractivity contribution in [3.05, 3.63) is 42.8 Å². The zero-order chi connectivity index (χ0) is 44.5. The van der Waals surface area contributed by atoms with Crippen molar-refractivity contribution in [2.75, 3.05) is 66.0 Å². The monoisotopic (exact) mass is 875 g/mol. The number of rotatable bonds is 50. The number of H-pyrrole nitrogens is 1. The van der Waals surface area contributed by atoms with Gasteiger partial charge in [0.05, 0.1) is 59.2 Å². The molecule has 0 saturated heterocycles. The maximum atomic E-state index is 12.0. The van der Waals surface area contributed by atoms with Gasteiger partial charge in [-0.15, -0.1) is 0 Å². The summed E-state index contributed by atoms with van der Waals surface area (Å²) in [6, 6.07) is -0.731. The van der Waals surface area contributed by atoms with Crippen LogP contribution in [0, 0.1) is 0 Å². The second kappa shape index (κ2) is 48.2. The van der Waals surface area contributed by atoms with Crippen LogP contribution in [0.3, 0.4) is 0 Å². The van der Waals surface area contributed by atoms with Crippen LogP contribution < -0.4 is 5.73 Å². The Hall–Kier alpha value is -2.24. The van der Waals surface area contributed by atoms with Crippen LogP contribution in [0.25, 0.3) is 0 Å². The molecule has 3 N–H and O–H groups in total. The van der Waals surface area contributed by atoms with Crippen molar-refractivity contribution in [1.82, 2.24) is 14.9 Å². The molecule has 0 amide bonds. The quantitative estimate of drug-likeness (QED) is 0.0487. The van der Waals surface area contributed by atoms with Crippen molar-refractivity contribution in [2.45, 2.75) is 219 Å². The van der Waals surface area contributed by atoms with Crippen molar-refractivity contribution in [2.24, 2.45) is 5.73 Å². The molecule has 0 spiro atoms. The fourth-order valence-corrected chi connectivity index (χ4v) is 7.49. The number of ether oxygens (including phenoxy) is 5. The summed E-state index contributed by atoms with van der Waals surface area (Å²) in [6.07, 6.45) is 54.2. The number of aromatic nitrogens is 2. The second-order valence-electron chi connectivity index (χ2n) is 17.3. The summed E-state index contributed by atoms with van der Waals surface area (Å²) in [6.45, 7) is 9.50. The van der Waals surface area contributed by atoms with E-state index in [1.807, 2.05) is 0 Å². The summed E-state index contributed by atoms with van der Waals surface area (Å²) in [5.74, 6) is -0.456. The minimum Gasteiger partial charge on any atom is -0.462 e. The number of hydrogen-bond donors (Lipinski definition) is 2. The van der Waals surface area contributed by atoms with E-state index >= 15 is 0 Å². The molecule has 362 valence electrons. The number of unbranched alkanes of at least 4 members (excludes halogenated alkanes) is 28. The van der Waals surface area contributed by atoms with Gasteiger partial charge in [0.25, 0.3) is 0 Å². The van der Waals surface area contributed by atoms with Gasteiger partial charge in [0.2, 0.25) is 0 Å². The van der Waals surface area contributed by atoms with E-state index in [4.69, 9.17) is 29.4 Å². The Balaban J connectivity index is 2.14. The number of aromatic amines is 1. The van der Waals surface area contributed by atoms with E-state index in [1.54, 1.807) is 12.5 Å². The highest BCUT2D eigenvalue weighted by molar-refractivity contribution is 5.75. The number of nitrogens with zero attached hydrogens (tertiary/aromatic N) is 2. The maximum absolute atomic E-state index is 12.0. The van der Waals surface area contributed by atoms with Crippen molar-refractivity contribution in [3.63, 3.8) is 0 Å². The van der Waals surface area contributed by atoms with E-state index in [1.165, 1.54) is 180 Å². The van der Waals surface area contributed by atoms with Gasteiger partial charge < -0.3 is 39.3 Å². The molecule has 62 heavy (non-hydrogen) atoms. The Morgan fingerprint density at radius 2 is 0.903 bits per heavy atom. The van der Waals surface area contributed by atoms with Crippen LogP contribution in [0.2, 0.25) is 0 Å². The summed E-state index contributed by atoms with van der Waals surface area (Å²) >= 11 is 0. The summed E-state index contributed by atoms with van der Waals surface area (Å²) < 4.78 is 27.9. The Labute approximate surface area is 381 Å². The summed E-state index contributed by atoms with van der Waals surface area (Å²) in [5.41, 5.74) is 6.67. The third-order valence-corrected chi connectivity index (χ3v) is 11.4. The van der Waals surface area contributed by atoms with Crippen LogP contribution in [0.1, 0.15) is 212 Å². The van der Waals surface area contributed by atoms with Gasteiger partial charge in [-0.1, -0.05) is 193 Å². The molecule has 0 radical (unpaired) electrons. The van der Waals surface area contributed by atoms with Gasteiger partial charge in [0, 0.05) is 24.9 Å². The molecule has 0 aliphatic carbocycles. The van der Waals surface area contributed by atoms with Crippen LogP contribution >= 0.6 is 0 Å². The lowest BCUT2D eigenvalue weighted by Gasteiger charge is -2.16. The summed E-state index contributed by atoms with van der Waals surface area (Å²) in [5, 5.41) is 0. The van der Waals surface area contributed by atoms with E-state index in [9.17, 15) is 4.79 Å². The molecule has 0 bridgehead atoms. The predicted octanol–water partition coefficient (Wildman–Crippen LogP) is 13.0. The third kappa shape index (κ3) is 41.8. The summed E-state index contributed by atoms with van der Waals surface area (Å²) in [4.78, 5) is 21.1. The van der Waals surface area contributed by atoms with Crippen LogP contribution in [0.5, 0.6) is 0 Å². The number of nitrogens with two attached hydrogens (primary N) is 1. The van der Waals surface area contributed by atoms with Crippen LogP contribution in [-0.2, 0) is 34.9 Å². The lowest BCUT2D eigenvalue weighted by molar-refractivity contribution is -0.146. The molecule has 0 fully saturated rings. The zero-order valence-electron chi connectivity index (χ0n) is 40.5. The number of carbonyl (C=O) groups is 1. The summed E-state index contributed by atoms with van der Waals surface area (Å²) in [7, 11) is 0. The Bertz CT molecular complexity index is 1050. The topological polar surface area (TPSA) is 121 Å². The average molecular weight is 875 g/mol. The molecule has 1 aromatic heterocycles. The van der Waals surface area contributed by atoms with Gasteiger partial charge in [-0.05, 0) is 38.1 Å². The SMILES string of the molecule is CCCCCCCCCCCCCCCC/C=C\N(/C=C/CCCCCCCCCCCCCCCC)CCOCCOCCOCCOCCOC(=O)C(N)Cc1cnc[nH]1. The highest BCUT2D eigenvalue weighted by Crippen LogP contribution is 2.15. The minimum absolute atomic E-state index is 0.155. The molecule has 10 heteroatoms. The van der Waals surface area contributed by atoms with E-state index < -0.39 is 12.0 Å². The first-order chi connectivity index (χ1) is 30.7. The van der Waals surface area contributed by atoms with Crippen molar-refractivity contribution < 1.29 is 28.5 Å². The van der Waals surface area contributed by atoms with E-state index in [0.29, 0.717) is 59.3 Å². The van der Waals surface area contributed by atoms with E-state index in [2.05, 4.69) is 53.3 Å². The molecular weight excluding hydrogens is 777 g/mol. The molecule has 1 unspecified atom stereocenters. The predicted molar refractivity (Wildman–Crippen MR) is 259 cm³/mol. The van der Waals surface area contributed by atoms with Gasteiger partial charge in [-0.25, -0.2) is 4.98 Å². The Morgan fingerprint density at radius 1 is 0.548 bits per heavy atom. The fourth-order valence-electron chi connectivity index (χ4n) is 7.49. The van der Waals surface area contributed by atoms with Gasteiger partial charge in [0.15, 0.2) is 0 Å². The van der Waals surface area contributed by atoms with Gasteiger partial charge in [-0.2, -0.15) is 0 Å². The highest BCUT2D eigenvalue weighted by Gasteiger charge is 2.16. The fraction of sp³-hybridized carbons (Fsp3) is 0.846. The second-order valence-corrected chi connectivity index (χ2v) is 17.3. The maximum Gasteiger partial charge on any atom is 0.323 e. The number of nitrogens with one attached hydrogen (secondary N) is 1. The largest absolute Gasteiger partial charge is 0.462 e. The number of allylic oxidation sites excluding steroid dienone is 2. The van der Waals surface area contributed by atoms with E-state index in [0.717, 1.165) is 25.1 Å². The zero-order valence-corrected chi connectivity index (χ0v) is 40.5. The first-order valence-electron chi connectivity index (χ1n) is 26.0. The molecule has 1 aromatic rings. The Morgan fingerprint density at radius 3 is 1.27 bits per heavy atom. The molecule has 0 saturated carbocycles. The van der Waals surface area contributed by atoms with Crippen molar-refractivity contribution in [3.8, 4) is 0 Å². The normalized spacial score (nSPS) is 12.3. The molecule has 0 aromatic carbocycles. The van der Waals surface area contributed by atoms with E-state index in [-0.39, 0.29) is 6.61 Å². The lowest BCUT2D eigenvalue weighted by Crippen LogP contribution is -2.35. The van der Waals surface area contributed by atoms with Gasteiger partial charge in [0.1, 0.15) is 12.6 Å². The van der Waals surface area contributed by atoms with Gasteiger partial charge >= 0.3 is 5.97 Å².